The molecule has 7 nitrogen and oxygen atoms in total. The lowest BCUT2D eigenvalue weighted by Gasteiger charge is -2.04. The van der Waals surface area contributed by atoms with Crippen molar-refractivity contribution in [1.29, 1.82) is 0 Å². The molecule has 0 unspecified atom stereocenters. The molecule has 0 saturated heterocycles. The zero-order chi connectivity index (χ0) is 14.5. The summed E-state index contributed by atoms with van der Waals surface area (Å²) in [7, 11) is -2.49. The molecule has 3 N–H and O–H groups in total. The second kappa shape index (κ2) is 8.25. The maximum atomic E-state index is 12.0. The van der Waals surface area contributed by atoms with Gasteiger partial charge in [0.15, 0.2) is 0 Å². The van der Waals surface area contributed by atoms with E-state index in [0.29, 0.717) is 13.0 Å². The predicted molar refractivity (Wildman–Crippen MR) is 75.5 cm³/mol. The molecule has 0 aliphatic rings. The van der Waals surface area contributed by atoms with Crippen molar-refractivity contribution in [3.05, 3.63) is 17.6 Å². The van der Waals surface area contributed by atoms with Crippen molar-refractivity contribution < 1.29 is 22.4 Å². The van der Waals surface area contributed by atoms with Gasteiger partial charge < -0.3 is 14.9 Å². The van der Waals surface area contributed by atoms with E-state index >= 15 is 0 Å². The third-order valence-electron chi connectivity index (χ3n) is 2.47. The summed E-state index contributed by atoms with van der Waals surface area (Å²) in [6.07, 6.45) is 1.39. The quantitative estimate of drug-likeness (QED) is 0.566. The summed E-state index contributed by atoms with van der Waals surface area (Å²) in [5.41, 5.74) is 5.32. The Morgan fingerprint density at radius 2 is 2.10 bits per heavy atom. The van der Waals surface area contributed by atoms with Crippen LogP contribution in [0.5, 0.6) is 0 Å². The van der Waals surface area contributed by atoms with Gasteiger partial charge in [0.05, 0.1) is 7.11 Å². The molecule has 1 aromatic rings. The Morgan fingerprint density at radius 1 is 1.45 bits per heavy atom. The zero-order valence-electron chi connectivity index (χ0n) is 11.3. The normalized spacial score (nSPS) is 10.9. The van der Waals surface area contributed by atoms with Gasteiger partial charge in [-0.25, -0.2) is 17.9 Å². The maximum absolute atomic E-state index is 12.0. The number of ether oxygens (including phenoxy) is 1. The van der Waals surface area contributed by atoms with Crippen LogP contribution in [0.3, 0.4) is 0 Å². The molecule has 0 amide bonds. The fraction of sp³-hybridized carbons (Fsp3) is 0.545. The Hall–Kier alpha value is -1.09. The fourth-order valence-electron chi connectivity index (χ4n) is 1.49. The summed E-state index contributed by atoms with van der Waals surface area (Å²) >= 11 is 0. The number of nitrogens with one attached hydrogen (secondary N) is 1. The van der Waals surface area contributed by atoms with Gasteiger partial charge in [-0.3, -0.25) is 0 Å². The molecule has 9 heteroatoms. The van der Waals surface area contributed by atoms with Crippen LogP contribution in [0.1, 0.15) is 29.2 Å². The maximum Gasteiger partial charge on any atom is 0.373 e. The topological polar surface area (TPSA) is 112 Å². The highest BCUT2D eigenvalue weighted by atomic mass is 35.5. The molecule has 0 aromatic carbocycles. The van der Waals surface area contributed by atoms with Crippen LogP contribution in [0.15, 0.2) is 15.4 Å². The summed E-state index contributed by atoms with van der Waals surface area (Å²) in [6, 6.07) is 1.16. The molecule has 1 heterocycles. The molecule has 0 radical (unpaired) electrons. The number of furan rings is 1. The Kier molecular flexibility index (Phi) is 7.80. The Morgan fingerprint density at radius 3 is 2.65 bits per heavy atom. The predicted octanol–water partition coefficient (Wildman–Crippen LogP) is 0.814. The van der Waals surface area contributed by atoms with Crippen molar-refractivity contribution in [3.8, 4) is 0 Å². The van der Waals surface area contributed by atoms with E-state index < -0.39 is 16.0 Å². The highest BCUT2D eigenvalue weighted by Gasteiger charge is 2.23. The first kappa shape index (κ1) is 18.9. The van der Waals surface area contributed by atoms with Crippen LogP contribution < -0.4 is 10.5 Å². The molecule has 0 saturated carbocycles. The highest BCUT2D eigenvalue weighted by molar-refractivity contribution is 7.89. The second-order valence-electron chi connectivity index (χ2n) is 3.92. The highest BCUT2D eigenvalue weighted by Crippen LogP contribution is 2.20. The third-order valence-corrected chi connectivity index (χ3v) is 4.04. The molecule has 0 aliphatic carbocycles. The molecular weight excluding hydrogens is 308 g/mol. The lowest BCUT2D eigenvalue weighted by atomic mass is 10.3. The SMILES string of the molecule is COC(=O)c1cc(S(=O)(=O)NCCCCN)c(C)o1.Cl. The number of nitrogens with two attached hydrogens (primary N) is 1. The van der Waals surface area contributed by atoms with Crippen LogP contribution in [0.2, 0.25) is 0 Å². The molecule has 20 heavy (non-hydrogen) atoms. The monoisotopic (exact) mass is 326 g/mol. The number of carbonyl (C=O) groups is 1. The summed E-state index contributed by atoms with van der Waals surface area (Å²) in [5, 5.41) is 0. The van der Waals surface area contributed by atoms with Crippen molar-refractivity contribution in [2.75, 3.05) is 20.2 Å². The van der Waals surface area contributed by atoms with Gasteiger partial charge in [-0.05, 0) is 26.3 Å². The Balaban J connectivity index is 0.00000361. The van der Waals surface area contributed by atoms with E-state index in [1.54, 1.807) is 0 Å². The van der Waals surface area contributed by atoms with Gasteiger partial charge in [-0.15, -0.1) is 12.4 Å². The number of carbonyl (C=O) groups excluding carboxylic acids is 1. The minimum atomic E-state index is -3.68. The number of unbranched alkanes of at least 4 members (excludes halogenated alkanes) is 1. The molecule has 0 spiro atoms. The first-order valence-electron chi connectivity index (χ1n) is 5.81. The summed E-state index contributed by atoms with van der Waals surface area (Å²) < 4.78 is 35.9. The van der Waals surface area contributed by atoms with Crippen molar-refractivity contribution in [2.24, 2.45) is 5.73 Å². The number of methoxy groups -OCH3 is 1. The van der Waals surface area contributed by atoms with Gasteiger partial charge in [0.25, 0.3) is 0 Å². The van der Waals surface area contributed by atoms with Gasteiger partial charge in [-0.1, -0.05) is 0 Å². The van der Waals surface area contributed by atoms with Crippen LogP contribution in [-0.2, 0) is 14.8 Å². The van der Waals surface area contributed by atoms with Crippen LogP contribution >= 0.6 is 12.4 Å². The van der Waals surface area contributed by atoms with Crippen molar-refractivity contribution in [1.82, 2.24) is 4.72 Å². The van der Waals surface area contributed by atoms with Crippen LogP contribution in [0.25, 0.3) is 0 Å². The molecule has 0 bridgehead atoms. The lowest BCUT2D eigenvalue weighted by Crippen LogP contribution is -2.25. The van der Waals surface area contributed by atoms with Crippen LogP contribution in [-0.4, -0.2) is 34.6 Å². The number of hydrogen-bond acceptors (Lipinski definition) is 6. The number of aryl methyl sites for hydroxylation is 1. The standard InChI is InChI=1S/C11H18N2O5S.ClH/c1-8-10(7-9(18-8)11(14)17-2)19(15,16)13-6-4-3-5-12;/h7,13H,3-6,12H2,1-2H3;1H. The summed E-state index contributed by atoms with van der Waals surface area (Å²) in [4.78, 5) is 11.2. The third kappa shape index (κ3) is 4.78. The molecule has 1 aromatic heterocycles. The minimum absolute atomic E-state index is 0. The van der Waals surface area contributed by atoms with E-state index in [1.165, 1.54) is 14.0 Å². The number of esters is 1. The molecule has 116 valence electrons. The number of halogens is 1. The van der Waals surface area contributed by atoms with E-state index in [2.05, 4.69) is 9.46 Å². The minimum Gasteiger partial charge on any atom is -0.463 e. The fourth-order valence-corrected chi connectivity index (χ4v) is 2.74. The Bertz CT molecular complexity index is 541. The molecule has 0 atom stereocenters. The first-order chi connectivity index (χ1) is 8.92. The van der Waals surface area contributed by atoms with E-state index in [-0.39, 0.29) is 35.4 Å². The number of rotatable bonds is 7. The average Bonchev–Trinajstić information content (AvgIpc) is 2.76. The number of hydrogen-bond donors (Lipinski definition) is 2. The van der Waals surface area contributed by atoms with Crippen LogP contribution in [0, 0.1) is 6.92 Å². The van der Waals surface area contributed by atoms with Crippen LogP contribution in [0.4, 0.5) is 0 Å². The number of sulfonamides is 1. The van der Waals surface area contributed by atoms with Crippen molar-refractivity contribution in [3.63, 3.8) is 0 Å². The van der Waals surface area contributed by atoms with E-state index in [4.69, 9.17) is 10.2 Å². The van der Waals surface area contributed by atoms with Crippen molar-refractivity contribution in [2.45, 2.75) is 24.7 Å². The zero-order valence-corrected chi connectivity index (χ0v) is 13.0. The lowest BCUT2D eigenvalue weighted by molar-refractivity contribution is 0.0563. The summed E-state index contributed by atoms with van der Waals surface area (Å²) in [5.74, 6) is -0.707. The molecule has 0 fully saturated rings. The first-order valence-corrected chi connectivity index (χ1v) is 7.29. The molecule has 1 rings (SSSR count). The van der Waals surface area contributed by atoms with E-state index in [1.807, 2.05) is 0 Å². The average molecular weight is 327 g/mol. The largest absolute Gasteiger partial charge is 0.463 e. The van der Waals surface area contributed by atoms with Gasteiger partial charge in [0.1, 0.15) is 10.7 Å². The molecular formula is C11H19ClN2O5S. The summed E-state index contributed by atoms with van der Waals surface area (Å²) in [6.45, 7) is 2.28. The van der Waals surface area contributed by atoms with E-state index in [0.717, 1.165) is 12.5 Å². The van der Waals surface area contributed by atoms with Crippen molar-refractivity contribution >= 4 is 28.4 Å². The van der Waals surface area contributed by atoms with Gasteiger partial charge in [-0.2, -0.15) is 0 Å². The van der Waals surface area contributed by atoms with Gasteiger partial charge in [0, 0.05) is 12.6 Å². The Labute approximate surface area is 124 Å². The van der Waals surface area contributed by atoms with Gasteiger partial charge in [0.2, 0.25) is 15.8 Å². The molecule has 0 aliphatic heterocycles. The van der Waals surface area contributed by atoms with E-state index in [9.17, 15) is 13.2 Å². The smallest absolute Gasteiger partial charge is 0.373 e. The second-order valence-corrected chi connectivity index (χ2v) is 5.65. The van der Waals surface area contributed by atoms with Gasteiger partial charge >= 0.3 is 5.97 Å².